The van der Waals surface area contributed by atoms with E-state index < -0.39 is 0 Å². The molecule has 2 unspecified atom stereocenters. The Morgan fingerprint density at radius 3 is 3.12 bits per heavy atom. The summed E-state index contributed by atoms with van der Waals surface area (Å²) in [5.41, 5.74) is 6.18. The van der Waals surface area contributed by atoms with Gasteiger partial charge in [-0.2, -0.15) is 5.26 Å². The Bertz CT molecular complexity index is 394. The maximum absolute atomic E-state index is 8.84. The highest BCUT2D eigenvalue weighted by molar-refractivity contribution is 5.32. The van der Waals surface area contributed by atoms with Crippen molar-refractivity contribution < 1.29 is 10.6 Å². The molecule has 1 aromatic carbocycles. The summed E-state index contributed by atoms with van der Waals surface area (Å²) in [7, 11) is 0. The summed E-state index contributed by atoms with van der Waals surface area (Å²) in [5.74, 6) is 0. The van der Waals surface area contributed by atoms with Crippen molar-refractivity contribution in [2.45, 2.75) is 25.4 Å². The highest BCUT2D eigenvalue weighted by Gasteiger charge is 2.22. The fourth-order valence-electron chi connectivity index (χ4n) is 2.45. The second kappa shape index (κ2) is 5.11. The van der Waals surface area contributed by atoms with Crippen LogP contribution >= 0.6 is 0 Å². The molecule has 1 fully saturated rings. The molecule has 16 heavy (non-hydrogen) atoms. The van der Waals surface area contributed by atoms with Gasteiger partial charge in [-0.3, -0.25) is 0 Å². The molecule has 0 radical (unpaired) electrons. The molecule has 1 heterocycles. The van der Waals surface area contributed by atoms with Gasteiger partial charge in [0, 0.05) is 18.4 Å². The summed E-state index contributed by atoms with van der Waals surface area (Å²) in [6, 6.07) is 10.7. The lowest BCUT2D eigenvalue weighted by Gasteiger charge is -2.25. The Labute approximate surface area is 96.5 Å². The molecule has 2 rings (SSSR count). The van der Waals surface area contributed by atoms with E-state index in [4.69, 9.17) is 5.26 Å². The van der Waals surface area contributed by atoms with Gasteiger partial charge in [-0.05, 0) is 12.1 Å². The maximum atomic E-state index is 8.84. The molecule has 0 spiro atoms. The molecule has 3 heteroatoms. The molecule has 0 aliphatic carbocycles. The van der Waals surface area contributed by atoms with Crippen LogP contribution in [-0.4, -0.2) is 19.1 Å². The van der Waals surface area contributed by atoms with E-state index in [1.165, 1.54) is 24.9 Å². The van der Waals surface area contributed by atoms with Crippen LogP contribution in [0.25, 0.3) is 0 Å². The Hall–Kier alpha value is -1.37. The number of benzene rings is 1. The monoisotopic (exact) mass is 217 g/mol. The van der Waals surface area contributed by atoms with Crippen molar-refractivity contribution in [3.05, 3.63) is 35.4 Å². The lowest BCUT2D eigenvalue weighted by Crippen LogP contribution is -3.14. The van der Waals surface area contributed by atoms with E-state index in [9.17, 15) is 0 Å². The molecule has 84 valence electrons. The molecule has 1 saturated heterocycles. The molecule has 1 aliphatic heterocycles. The molecule has 1 aromatic rings. The van der Waals surface area contributed by atoms with E-state index >= 15 is 0 Å². The first-order valence-electron chi connectivity index (χ1n) is 5.93. The highest BCUT2D eigenvalue weighted by atomic mass is 15.1. The Balaban J connectivity index is 2.00. The lowest BCUT2D eigenvalue weighted by atomic mass is 10.1. The SMILES string of the molecule is N#Cc1cccc(C[NH+]2CCCC([NH3+])C2)c1. The van der Waals surface area contributed by atoms with Crippen molar-refractivity contribution in [2.24, 2.45) is 0 Å². The van der Waals surface area contributed by atoms with Crippen molar-refractivity contribution in [1.29, 1.82) is 5.26 Å². The molecule has 2 atom stereocenters. The summed E-state index contributed by atoms with van der Waals surface area (Å²) < 4.78 is 0. The fourth-order valence-corrected chi connectivity index (χ4v) is 2.45. The Kier molecular flexibility index (Phi) is 3.55. The van der Waals surface area contributed by atoms with Crippen LogP contribution in [0.3, 0.4) is 0 Å². The smallest absolute Gasteiger partial charge is 0.134 e. The van der Waals surface area contributed by atoms with Crippen molar-refractivity contribution in [1.82, 2.24) is 0 Å². The second-order valence-electron chi connectivity index (χ2n) is 4.70. The maximum Gasteiger partial charge on any atom is 0.134 e. The predicted molar refractivity (Wildman–Crippen MR) is 61.5 cm³/mol. The number of quaternary nitrogens is 2. The summed E-state index contributed by atoms with van der Waals surface area (Å²) in [4.78, 5) is 1.60. The summed E-state index contributed by atoms with van der Waals surface area (Å²) in [6.45, 7) is 3.43. The lowest BCUT2D eigenvalue weighted by molar-refractivity contribution is -0.928. The number of nitrogens with one attached hydrogen (secondary N) is 1. The molecular weight excluding hydrogens is 198 g/mol. The number of nitrogens with zero attached hydrogens (tertiary/aromatic N) is 1. The zero-order chi connectivity index (χ0) is 11.4. The van der Waals surface area contributed by atoms with E-state index in [1.807, 2.05) is 18.2 Å². The third-order valence-electron chi connectivity index (χ3n) is 3.23. The van der Waals surface area contributed by atoms with E-state index in [-0.39, 0.29) is 0 Å². The van der Waals surface area contributed by atoms with Gasteiger partial charge in [0.05, 0.1) is 18.2 Å². The quantitative estimate of drug-likeness (QED) is 0.679. The molecular formula is C13H19N3+2. The van der Waals surface area contributed by atoms with Crippen LogP contribution in [-0.2, 0) is 6.54 Å². The number of piperidine rings is 1. The number of rotatable bonds is 2. The van der Waals surface area contributed by atoms with Crippen LogP contribution in [0.1, 0.15) is 24.0 Å². The zero-order valence-electron chi connectivity index (χ0n) is 9.58. The van der Waals surface area contributed by atoms with Crippen LogP contribution in [0.15, 0.2) is 24.3 Å². The van der Waals surface area contributed by atoms with Crippen LogP contribution in [0.4, 0.5) is 0 Å². The van der Waals surface area contributed by atoms with E-state index in [0.29, 0.717) is 6.04 Å². The number of likely N-dealkylation sites (tertiary alicyclic amines) is 1. The van der Waals surface area contributed by atoms with E-state index in [2.05, 4.69) is 17.9 Å². The standard InChI is InChI=1S/C13H17N3/c14-8-11-3-1-4-12(7-11)9-16-6-2-5-13(15)10-16/h1,3-4,7,13H,2,5-6,9-10,15H2/p+2. The Morgan fingerprint density at radius 2 is 2.38 bits per heavy atom. The average molecular weight is 217 g/mol. The van der Waals surface area contributed by atoms with Crippen molar-refractivity contribution >= 4 is 0 Å². The summed E-state index contributed by atoms with van der Waals surface area (Å²) >= 11 is 0. The minimum Gasteiger partial charge on any atom is -0.350 e. The molecule has 4 N–H and O–H groups in total. The molecule has 0 bridgehead atoms. The van der Waals surface area contributed by atoms with Gasteiger partial charge >= 0.3 is 0 Å². The molecule has 0 aromatic heterocycles. The molecule has 1 aliphatic rings. The zero-order valence-corrected chi connectivity index (χ0v) is 9.58. The van der Waals surface area contributed by atoms with Crippen LogP contribution < -0.4 is 10.6 Å². The normalized spacial score (nSPS) is 25.0. The van der Waals surface area contributed by atoms with Gasteiger partial charge in [-0.15, -0.1) is 0 Å². The van der Waals surface area contributed by atoms with Gasteiger partial charge in [-0.25, -0.2) is 0 Å². The van der Waals surface area contributed by atoms with Gasteiger partial charge in [0.1, 0.15) is 19.1 Å². The van der Waals surface area contributed by atoms with E-state index in [0.717, 1.165) is 18.7 Å². The number of hydrogen-bond donors (Lipinski definition) is 2. The van der Waals surface area contributed by atoms with Crippen LogP contribution in [0.2, 0.25) is 0 Å². The summed E-state index contributed by atoms with van der Waals surface area (Å²) in [5, 5.41) is 8.84. The third kappa shape index (κ3) is 2.82. The van der Waals surface area contributed by atoms with Gasteiger partial charge < -0.3 is 10.6 Å². The summed E-state index contributed by atoms with van der Waals surface area (Å²) in [6.07, 6.45) is 2.54. The molecule has 0 amide bonds. The highest BCUT2D eigenvalue weighted by Crippen LogP contribution is 2.03. The number of nitriles is 1. The van der Waals surface area contributed by atoms with Gasteiger partial charge in [0.25, 0.3) is 0 Å². The number of hydrogen-bond acceptors (Lipinski definition) is 1. The van der Waals surface area contributed by atoms with Crippen LogP contribution in [0, 0.1) is 11.3 Å². The first-order chi connectivity index (χ1) is 7.78. The van der Waals surface area contributed by atoms with Gasteiger partial charge in [0.15, 0.2) is 0 Å². The molecule has 0 saturated carbocycles. The van der Waals surface area contributed by atoms with Crippen molar-refractivity contribution in [2.75, 3.05) is 13.1 Å². The Morgan fingerprint density at radius 1 is 1.50 bits per heavy atom. The minimum atomic E-state index is 0.600. The van der Waals surface area contributed by atoms with Gasteiger partial charge in [0.2, 0.25) is 0 Å². The second-order valence-corrected chi connectivity index (χ2v) is 4.70. The topological polar surface area (TPSA) is 55.9 Å². The predicted octanol–water partition coefficient (Wildman–Crippen LogP) is -0.653. The largest absolute Gasteiger partial charge is 0.350 e. The molecule has 3 nitrogen and oxygen atoms in total. The average Bonchev–Trinajstić information content (AvgIpc) is 2.29. The first kappa shape index (κ1) is 11.1. The van der Waals surface area contributed by atoms with E-state index in [1.54, 1.807) is 4.90 Å². The minimum absolute atomic E-state index is 0.600. The first-order valence-corrected chi connectivity index (χ1v) is 5.93. The van der Waals surface area contributed by atoms with Gasteiger partial charge in [-0.1, -0.05) is 12.1 Å². The fraction of sp³-hybridized carbons (Fsp3) is 0.462. The van der Waals surface area contributed by atoms with Crippen molar-refractivity contribution in [3.63, 3.8) is 0 Å². The van der Waals surface area contributed by atoms with Crippen molar-refractivity contribution in [3.8, 4) is 6.07 Å². The third-order valence-corrected chi connectivity index (χ3v) is 3.23. The van der Waals surface area contributed by atoms with Crippen LogP contribution in [0.5, 0.6) is 0 Å².